The zero-order valence-electron chi connectivity index (χ0n) is 9.99. The molecular formula is C11H19N3O3. The minimum atomic E-state index is -0.328. The van der Waals surface area contributed by atoms with Crippen molar-refractivity contribution in [1.29, 1.82) is 0 Å². The van der Waals surface area contributed by atoms with Gasteiger partial charge in [0.15, 0.2) is 0 Å². The van der Waals surface area contributed by atoms with Gasteiger partial charge in [0.05, 0.1) is 18.7 Å². The number of rotatable bonds is 3. The summed E-state index contributed by atoms with van der Waals surface area (Å²) in [6.45, 7) is 0.561. The van der Waals surface area contributed by atoms with E-state index in [4.69, 9.17) is 4.74 Å². The molecule has 0 spiro atoms. The lowest BCUT2D eigenvalue weighted by Crippen LogP contribution is -2.59. The Bertz CT molecular complexity index is 298. The molecule has 2 aliphatic rings. The summed E-state index contributed by atoms with van der Waals surface area (Å²) in [4.78, 5) is 22.9. The van der Waals surface area contributed by atoms with Crippen molar-refractivity contribution in [2.45, 2.75) is 37.5 Å². The van der Waals surface area contributed by atoms with Crippen LogP contribution in [0.3, 0.4) is 0 Å². The Labute approximate surface area is 100 Å². The Morgan fingerprint density at radius 2 is 2.29 bits per heavy atom. The molecule has 1 aliphatic heterocycles. The van der Waals surface area contributed by atoms with Crippen LogP contribution in [0.25, 0.3) is 0 Å². The minimum Gasteiger partial charge on any atom is -0.379 e. The molecule has 1 aliphatic carbocycles. The molecule has 2 fully saturated rings. The number of piperazine rings is 1. The summed E-state index contributed by atoms with van der Waals surface area (Å²) in [7, 11) is 1.67. The molecule has 0 aromatic heterocycles. The van der Waals surface area contributed by atoms with Crippen molar-refractivity contribution in [3.63, 3.8) is 0 Å². The maximum absolute atomic E-state index is 11.9. The molecule has 6 heteroatoms. The summed E-state index contributed by atoms with van der Waals surface area (Å²) < 4.78 is 5.32. The summed E-state index contributed by atoms with van der Waals surface area (Å²) in [5.41, 5.74) is 0. The number of carbonyl (C=O) groups is 2. The standard InChI is InChI=1S/C11H19N3O3/c1-17-9-4-2-3-7(9)14-11(16)8-5-13-10(15)6-12-8/h7-9,12H,2-6H2,1H3,(H,13,15)(H,14,16). The van der Waals surface area contributed by atoms with Gasteiger partial charge < -0.3 is 15.4 Å². The fourth-order valence-electron chi connectivity index (χ4n) is 2.41. The second-order valence-electron chi connectivity index (χ2n) is 4.56. The van der Waals surface area contributed by atoms with E-state index in [2.05, 4.69) is 16.0 Å². The Balaban J connectivity index is 1.82. The van der Waals surface area contributed by atoms with Crippen molar-refractivity contribution < 1.29 is 14.3 Å². The second kappa shape index (κ2) is 5.46. The maximum atomic E-state index is 11.9. The van der Waals surface area contributed by atoms with Crippen LogP contribution in [0.4, 0.5) is 0 Å². The average Bonchev–Trinajstić information content (AvgIpc) is 2.77. The van der Waals surface area contributed by atoms with E-state index < -0.39 is 0 Å². The molecule has 0 aromatic carbocycles. The van der Waals surface area contributed by atoms with Gasteiger partial charge in [0, 0.05) is 13.7 Å². The van der Waals surface area contributed by atoms with Crippen molar-refractivity contribution in [3.8, 4) is 0 Å². The Morgan fingerprint density at radius 1 is 1.47 bits per heavy atom. The Hall–Kier alpha value is -1.14. The molecule has 1 saturated heterocycles. The van der Waals surface area contributed by atoms with Crippen molar-refractivity contribution in [1.82, 2.24) is 16.0 Å². The summed E-state index contributed by atoms with van der Waals surface area (Å²) >= 11 is 0. The minimum absolute atomic E-state index is 0.0565. The van der Waals surface area contributed by atoms with Crippen molar-refractivity contribution in [2.24, 2.45) is 0 Å². The largest absolute Gasteiger partial charge is 0.379 e. The highest BCUT2D eigenvalue weighted by Gasteiger charge is 2.31. The van der Waals surface area contributed by atoms with Crippen molar-refractivity contribution in [3.05, 3.63) is 0 Å². The zero-order valence-corrected chi connectivity index (χ0v) is 9.99. The lowest BCUT2D eigenvalue weighted by molar-refractivity contribution is -0.127. The number of carbonyl (C=O) groups excluding carboxylic acids is 2. The van der Waals surface area contributed by atoms with Gasteiger partial charge in [0.25, 0.3) is 0 Å². The normalized spacial score (nSPS) is 33.2. The summed E-state index contributed by atoms with van der Waals surface area (Å²) in [5, 5.41) is 8.57. The lowest BCUT2D eigenvalue weighted by Gasteiger charge is -2.26. The van der Waals surface area contributed by atoms with E-state index in [1.54, 1.807) is 7.11 Å². The molecule has 96 valence electrons. The van der Waals surface area contributed by atoms with Crippen LogP contribution in [0.15, 0.2) is 0 Å². The van der Waals surface area contributed by atoms with Crippen LogP contribution in [-0.4, -0.2) is 50.2 Å². The molecule has 2 rings (SSSR count). The third-order valence-electron chi connectivity index (χ3n) is 3.41. The van der Waals surface area contributed by atoms with Gasteiger partial charge in [-0.1, -0.05) is 0 Å². The molecule has 1 heterocycles. The van der Waals surface area contributed by atoms with Gasteiger partial charge in [-0.05, 0) is 19.3 Å². The van der Waals surface area contributed by atoms with Crippen molar-refractivity contribution >= 4 is 11.8 Å². The van der Waals surface area contributed by atoms with E-state index in [1.165, 1.54) is 0 Å². The van der Waals surface area contributed by atoms with E-state index in [1.807, 2.05) is 0 Å². The number of ether oxygens (including phenoxy) is 1. The quantitative estimate of drug-likeness (QED) is 0.577. The van der Waals surface area contributed by atoms with Gasteiger partial charge in [0.1, 0.15) is 6.04 Å². The van der Waals surface area contributed by atoms with Gasteiger partial charge >= 0.3 is 0 Å². The third-order valence-corrected chi connectivity index (χ3v) is 3.41. The number of hydrogen-bond donors (Lipinski definition) is 3. The van der Waals surface area contributed by atoms with Crippen LogP contribution in [0.5, 0.6) is 0 Å². The Morgan fingerprint density at radius 3 is 2.94 bits per heavy atom. The highest BCUT2D eigenvalue weighted by atomic mass is 16.5. The van der Waals surface area contributed by atoms with Crippen LogP contribution in [0.1, 0.15) is 19.3 Å². The van der Waals surface area contributed by atoms with Crippen LogP contribution >= 0.6 is 0 Å². The second-order valence-corrected chi connectivity index (χ2v) is 4.56. The highest BCUT2D eigenvalue weighted by molar-refractivity contribution is 5.86. The fourth-order valence-corrected chi connectivity index (χ4v) is 2.41. The maximum Gasteiger partial charge on any atom is 0.239 e. The molecule has 1 saturated carbocycles. The number of methoxy groups -OCH3 is 1. The smallest absolute Gasteiger partial charge is 0.239 e. The molecule has 3 atom stereocenters. The van der Waals surface area contributed by atoms with E-state index in [0.717, 1.165) is 19.3 Å². The number of hydrogen-bond acceptors (Lipinski definition) is 4. The molecule has 0 aromatic rings. The summed E-state index contributed by atoms with van der Waals surface area (Å²) in [6, 6.07) is -0.224. The summed E-state index contributed by atoms with van der Waals surface area (Å²) in [5.74, 6) is -0.122. The monoisotopic (exact) mass is 241 g/mol. The van der Waals surface area contributed by atoms with Gasteiger partial charge in [-0.25, -0.2) is 0 Å². The first-order chi connectivity index (χ1) is 8.20. The van der Waals surface area contributed by atoms with Gasteiger partial charge in [-0.2, -0.15) is 0 Å². The van der Waals surface area contributed by atoms with Crippen LogP contribution in [0.2, 0.25) is 0 Å². The number of nitrogens with one attached hydrogen (secondary N) is 3. The third kappa shape index (κ3) is 2.95. The van der Waals surface area contributed by atoms with E-state index in [-0.39, 0.29) is 36.5 Å². The van der Waals surface area contributed by atoms with Gasteiger partial charge in [-0.15, -0.1) is 0 Å². The first-order valence-corrected chi connectivity index (χ1v) is 6.04. The molecule has 6 nitrogen and oxygen atoms in total. The number of amides is 2. The van der Waals surface area contributed by atoms with Gasteiger partial charge in [0.2, 0.25) is 11.8 Å². The molecular weight excluding hydrogens is 222 g/mol. The van der Waals surface area contributed by atoms with E-state index >= 15 is 0 Å². The molecule has 3 unspecified atom stereocenters. The SMILES string of the molecule is COC1CCCC1NC(=O)C1CNC(=O)CN1. The average molecular weight is 241 g/mol. The summed E-state index contributed by atoms with van der Waals surface area (Å²) in [6.07, 6.45) is 3.16. The predicted molar refractivity (Wildman–Crippen MR) is 61.4 cm³/mol. The topological polar surface area (TPSA) is 79.5 Å². The zero-order chi connectivity index (χ0) is 12.3. The van der Waals surface area contributed by atoms with Crippen LogP contribution in [0, 0.1) is 0 Å². The molecule has 0 radical (unpaired) electrons. The first-order valence-electron chi connectivity index (χ1n) is 6.04. The fraction of sp³-hybridized carbons (Fsp3) is 0.818. The van der Waals surface area contributed by atoms with Crippen LogP contribution in [-0.2, 0) is 14.3 Å². The molecule has 0 bridgehead atoms. The van der Waals surface area contributed by atoms with Crippen molar-refractivity contribution in [2.75, 3.05) is 20.2 Å². The lowest BCUT2D eigenvalue weighted by atomic mass is 10.1. The molecule has 17 heavy (non-hydrogen) atoms. The van der Waals surface area contributed by atoms with E-state index in [9.17, 15) is 9.59 Å². The first kappa shape index (κ1) is 12.3. The van der Waals surface area contributed by atoms with Gasteiger partial charge in [-0.3, -0.25) is 14.9 Å². The molecule has 3 N–H and O–H groups in total. The predicted octanol–water partition coefficient (Wildman–Crippen LogP) is -1.24. The van der Waals surface area contributed by atoms with Crippen LogP contribution < -0.4 is 16.0 Å². The Kier molecular flexibility index (Phi) is 3.96. The highest BCUT2D eigenvalue weighted by Crippen LogP contribution is 2.21. The molecule has 2 amide bonds. The van der Waals surface area contributed by atoms with E-state index in [0.29, 0.717) is 6.54 Å².